The van der Waals surface area contributed by atoms with Gasteiger partial charge in [-0.25, -0.2) is 13.4 Å². The van der Waals surface area contributed by atoms with Gasteiger partial charge in [-0.3, -0.25) is 4.79 Å². The van der Waals surface area contributed by atoms with Crippen LogP contribution in [0, 0.1) is 5.92 Å². The Morgan fingerprint density at radius 1 is 1.50 bits per heavy atom. The highest BCUT2D eigenvalue weighted by Gasteiger charge is 2.29. The number of rotatable bonds is 5. The maximum absolute atomic E-state index is 12.0. The Hall–Kier alpha value is -1.18. The average molecular weight is 293 g/mol. The van der Waals surface area contributed by atoms with Crippen LogP contribution in [-0.2, 0) is 14.8 Å². The highest BCUT2D eigenvalue weighted by atomic mass is 35.5. The van der Waals surface area contributed by atoms with E-state index in [1.165, 1.54) is 18.3 Å². The van der Waals surface area contributed by atoms with Crippen LogP contribution >= 0.6 is 11.6 Å². The Kier molecular flexibility index (Phi) is 4.66. The molecule has 6 nitrogen and oxygen atoms in total. The van der Waals surface area contributed by atoms with Gasteiger partial charge in [0, 0.05) is 6.20 Å². The Bertz CT molecular complexity index is 545. The molecule has 0 aliphatic heterocycles. The van der Waals surface area contributed by atoms with Crippen LogP contribution in [0.3, 0.4) is 0 Å². The van der Waals surface area contributed by atoms with Crippen LogP contribution in [0.5, 0.6) is 0 Å². The molecule has 0 unspecified atom stereocenters. The van der Waals surface area contributed by atoms with E-state index in [4.69, 9.17) is 16.7 Å². The standard InChI is InChI=1S/C10H13ClN2O4S/c1-6(2)8(10(14)15)13-18(16,17)7-4-3-5-12-9(7)11/h3-6,8,13H,1-2H3,(H,14,15)/t8-/m1/s1. The normalized spacial score (nSPS) is 13.6. The second-order valence-corrected chi connectivity index (χ2v) is 6.01. The molecule has 0 radical (unpaired) electrons. The van der Waals surface area contributed by atoms with Crippen molar-refractivity contribution in [1.82, 2.24) is 9.71 Å². The van der Waals surface area contributed by atoms with Crippen molar-refractivity contribution >= 4 is 27.6 Å². The summed E-state index contributed by atoms with van der Waals surface area (Å²) in [6.45, 7) is 3.21. The molecule has 8 heteroatoms. The Morgan fingerprint density at radius 3 is 2.56 bits per heavy atom. The summed E-state index contributed by atoms with van der Waals surface area (Å²) in [6, 6.07) is 1.45. The summed E-state index contributed by atoms with van der Waals surface area (Å²) in [5, 5.41) is 8.75. The van der Waals surface area contributed by atoms with Crippen molar-refractivity contribution < 1.29 is 18.3 Å². The number of aromatic nitrogens is 1. The number of aliphatic carboxylic acids is 1. The number of hydrogen-bond acceptors (Lipinski definition) is 4. The number of hydrogen-bond donors (Lipinski definition) is 2. The molecule has 0 fully saturated rings. The van der Waals surface area contributed by atoms with E-state index in [-0.39, 0.29) is 10.0 Å². The van der Waals surface area contributed by atoms with E-state index in [0.29, 0.717) is 0 Å². The average Bonchev–Trinajstić information content (AvgIpc) is 2.25. The molecule has 0 saturated heterocycles. The first-order chi connectivity index (χ1) is 8.25. The van der Waals surface area contributed by atoms with Crippen LogP contribution in [0.2, 0.25) is 5.15 Å². The minimum atomic E-state index is -4.01. The largest absolute Gasteiger partial charge is 0.480 e. The topological polar surface area (TPSA) is 96.4 Å². The quantitative estimate of drug-likeness (QED) is 0.793. The second kappa shape index (κ2) is 5.64. The number of carboxylic acids is 1. The molecule has 0 saturated carbocycles. The molecule has 100 valence electrons. The predicted molar refractivity (Wildman–Crippen MR) is 65.8 cm³/mol. The zero-order valence-corrected chi connectivity index (χ0v) is 11.4. The van der Waals surface area contributed by atoms with Gasteiger partial charge in [0.15, 0.2) is 0 Å². The zero-order chi connectivity index (χ0) is 13.9. The third-order valence-corrected chi connectivity index (χ3v) is 4.12. The lowest BCUT2D eigenvalue weighted by Crippen LogP contribution is -2.44. The van der Waals surface area contributed by atoms with E-state index in [0.717, 1.165) is 0 Å². The van der Waals surface area contributed by atoms with Gasteiger partial charge in [-0.05, 0) is 18.1 Å². The molecule has 0 spiro atoms. The molecule has 1 rings (SSSR count). The van der Waals surface area contributed by atoms with Crippen LogP contribution in [0.1, 0.15) is 13.8 Å². The molecule has 0 aromatic carbocycles. The molecule has 0 aliphatic rings. The molecule has 1 aromatic rings. The Balaban J connectivity index is 3.09. The molecule has 0 bridgehead atoms. The fourth-order valence-electron chi connectivity index (χ4n) is 1.27. The van der Waals surface area contributed by atoms with Gasteiger partial charge in [0.1, 0.15) is 16.1 Å². The zero-order valence-electron chi connectivity index (χ0n) is 9.79. The third-order valence-electron chi connectivity index (χ3n) is 2.23. The first-order valence-electron chi connectivity index (χ1n) is 5.11. The minimum absolute atomic E-state index is 0.196. The minimum Gasteiger partial charge on any atom is -0.480 e. The number of carbonyl (C=O) groups is 1. The maximum Gasteiger partial charge on any atom is 0.322 e. The van der Waals surface area contributed by atoms with Crippen molar-refractivity contribution in [1.29, 1.82) is 0 Å². The van der Waals surface area contributed by atoms with Crippen LogP contribution < -0.4 is 4.72 Å². The van der Waals surface area contributed by atoms with Crippen molar-refractivity contribution in [3.63, 3.8) is 0 Å². The smallest absolute Gasteiger partial charge is 0.322 e. The molecule has 2 N–H and O–H groups in total. The lowest BCUT2D eigenvalue weighted by molar-refractivity contribution is -0.140. The van der Waals surface area contributed by atoms with E-state index in [1.807, 2.05) is 0 Å². The van der Waals surface area contributed by atoms with E-state index in [9.17, 15) is 13.2 Å². The highest BCUT2D eigenvalue weighted by Crippen LogP contribution is 2.18. The molecule has 18 heavy (non-hydrogen) atoms. The van der Waals surface area contributed by atoms with Crippen molar-refractivity contribution in [2.45, 2.75) is 24.8 Å². The first-order valence-corrected chi connectivity index (χ1v) is 6.97. The Morgan fingerprint density at radius 2 is 2.11 bits per heavy atom. The summed E-state index contributed by atoms with van der Waals surface area (Å²) >= 11 is 5.67. The van der Waals surface area contributed by atoms with Crippen molar-refractivity contribution in [3.8, 4) is 0 Å². The van der Waals surface area contributed by atoms with Gasteiger partial charge in [-0.15, -0.1) is 0 Å². The molecular weight excluding hydrogens is 280 g/mol. The summed E-state index contributed by atoms with van der Waals surface area (Å²) in [5.41, 5.74) is 0. The summed E-state index contributed by atoms with van der Waals surface area (Å²) in [4.78, 5) is 14.4. The highest BCUT2D eigenvalue weighted by molar-refractivity contribution is 7.89. The van der Waals surface area contributed by atoms with E-state index in [2.05, 4.69) is 9.71 Å². The molecule has 0 amide bonds. The number of nitrogens with one attached hydrogen (secondary N) is 1. The lowest BCUT2D eigenvalue weighted by atomic mass is 10.1. The first kappa shape index (κ1) is 14.9. The molecule has 1 heterocycles. The molecule has 1 atom stereocenters. The van der Waals surface area contributed by atoms with Crippen LogP contribution in [0.4, 0.5) is 0 Å². The molecular formula is C10H13ClN2O4S. The van der Waals surface area contributed by atoms with Crippen LogP contribution in [0.25, 0.3) is 0 Å². The van der Waals surface area contributed by atoms with Gasteiger partial charge in [-0.1, -0.05) is 25.4 Å². The summed E-state index contributed by atoms with van der Waals surface area (Å²) in [7, 11) is -4.01. The number of sulfonamides is 1. The van der Waals surface area contributed by atoms with Gasteiger partial charge in [0.05, 0.1) is 0 Å². The van der Waals surface area contributed by atoms with Gasteiger partial charge >= 0.3 is 5.97 Å². The second-order valence-electron chi connectivity index (χ2n) is 3.97. The fraction of sp³-hybridized carbons (Fsp3) is 0.400. The van der Waals surface area contributed by atoms with Crippen molar-refractivity contribution in [2.24, 2.45) is 5.92 Å². The van der Waals surface area contributed by atoms with Gasteiger partial charge in [0.25, 0.3) is 0 Å². The van der Waals surface area contributed by atoms with E-state index >= 15 is 0 Å². The monoisotopic (exact) mass is 292 g/mol. The van der Waals surface area contributed by atoms with Crippen LogP contribution in [-0.4, -0.2) is 30.5 Å². The molecule has 0 aliphatic carbocycles. The van der Waals surface area contributed by atoms with Crippen LogP contribution in [0.15, 0.2) is 23.2 Å². The van der Waals surface area contributed by atoms with Gasteiger partial charge < -0.3 is 5.11 Å². The summed E-state index contributed by atoms with van der Waals surface area (Å²) < 4.78 is 26.0. The number of nitrogens with zero attached hydrogens (tertiary/aromatic N) is 1. The predicted octanol–water partition coefficient (Wildman–Crippen LogP) is 1.12. The summed E-state index contributed by atoms with van der Waals surface area (Å²) in [5.74, 6) is -1.64. The number of carboxylic acid groups (broad SMARTS) is 1. The van der Waals surface area contributed by atoms with Gasteiger partial charge in [0.2, 0.25) is 10.0 Å². The SMILES string of the molecule is CC(C)[C@@H](NS(=O)(=O)c1cccnc1Cl)C(=O)O. The number of halogens is 1. The summed E-state index contributed by atoms with van der Waals surface area (Å²) in [6.07, 6.45) is 1.35. The maximum atomic E-state index is 12.0. The van der Waals surface area contributed by atoms with Gasteiger partial charge in [-0.2, -0.15) is 4.72 Å². The third kappa shape index (κ3) is 3.41. The Labute approximate surface area is 110 Å². The molecule has 1 aromatic heterocycles. The fourth-order valence-corrected chi connectivity index (χ4v) is 3.06. The van der Waals surface area contributed by atoms with E-state index < -0.39 is 28.0 Å². The van der Waals surface area contributed by atoms with Crippen molar-refractivity contribution in [2.75, 3.05) is 0 Å². The lowest BCUT2D eigenvalue weighted by Gasteiger charge is -2.18. The van der Waals surface area contributed by atoms with Crippen molar-refractivity contribution in [3.05, 3.63) is 23.5 Å². The number of pyridine rings is 1. The van der Waals surface area contributed by atoms with E-state index in [1.54, 1.807) is 13.8 Å².